The average Bonchev–Trinajstić information content (AvgIpc) is 2.55. The lowest BCUT2D eigenvalue weighted by Crippen LogP contribution is -2.49. The monoisotopic (exact) mass is 362 g/mol. The molecule has 1 aliphatic heterocycles. The van der Waals surface area contributed by atoms with Gasteiger partial charge in [0.05, 0.1) is 5.69 Å². The van der Waals surface area contributed by atoms with Gasteiger partial charge in [0.25, 0.3) is 0 Å². The van der Waals surface area contributed by atoms with Crippen LogP contribution in [0.1, 0.15) is 25.8 Å². The van der Waals surface area contributed by atoms with Crippen molar-refractivity contribution in [3.05, 3.63) is 40.9 Å². The molecule has 2 heterocycles. The molecular weight excluding hydrogens is 339 g/mol. The van der Waals surface area contributed by atoms with E-state index in [-0.39, 0.29) is 6.04 Å². The Morgan fingerprint density at radius 3 is 2.56 bits per heavy atom. The summed E-state index contributed by atoms with van der Waals surface area (Å²) < 4.78 is 14.0. The number of halogens is 2. The van der Waals surface area contributed by atoms with E-state index in [9.17, 15) is 4.39 Å². The number of anilines is 1. The molecule has 0 radical (unpaired) electrons. The number of aryl methyl sites for hydroxylation is 1. The summed E-state index contributed by atoms with van der Waals surface area (Å²) in [6.07, 6.45) is -0.306. The van der Waals surface area contributed by atoms with E-state index in [1.807, 2.05) is 37.3 Å². The Kier molecular flexibility index (Phi) is 5.54. The summed E-state index contributed by atoms with van der Waals surface area (Å²) >= 11 is 5.94. The second-order valence-electron chi connectivity index (χ2n) is 6.99. The highest BCUT2D eigenvalue weighted by Gasteiger charge is 2.28. The van der Waals surface area contributed by atoms with Gasteiger partial charge in [-0.3, -0.25) is 4.90 Å². The van der Waals surface area contributed by atoms with Crippen molar-refractivity contribution in [2.75, 3.05) is 18.4 Å². The lowest BCUT2D eigenvalue weighted by atomic mass is 10.0. The molecule has 2 atom stereocenters. The summed E-state index contributed by atoms with van der Waals surface area (Å²) in [7, 11) is 0. The third-order valence-corrected chi connectivity index (χ3v) is 4.86. The van der Waals surface area contributed by atoms with Gasteiger partial charge in [-0.1, -0.05) is 23.7 Å². The van der Waals surface area contributed by atoms with Crippen molar-refractivity contribution in [3.8, 4) is 11.3 Å². The Morgan fingerprint density at radius 1 is 1.20 bits per heavy atom. The molecule has 25 heavy (non-hydrogen) atoms. The minimum atomic E-state index is -0.809. The predicted octanol–water partition coefficient (Wildman–Crippen LogP) is 4.34. The second-order valence-corrected chi connectivity index (χ2v) is 7.43. The molecule has 2 aromatic rings. The summed E-state index contributed by atoms with van der Waals surface area (Å²) in [5, 5.41) is 12.7. The number of benzene rings is 1. The molecule has 6 heteroatoms. The Labute approximate surface area is 153 Å². The molecule has 0 spiro atoms. The Morgan fingerprint density at radius 2 is 1.92 bits per heavy atom. The number of piperidine rings is 1. The van der Waals surface area contributed by atoms with Crippen molar-refractivity contribution >= 4 is 17.4 Å². The largest absolute Gasteiger partial charge is 0.364 e. The van der Waals surface area contributed by atoms with Crippen LogP contribution < -0.4 is 5.32 Å². The van der Waals surface area contributed by atoms with Crippen molar-refractivity contribution in [3.63, 3.8) is 0 Å². The van der Waals surface area contributed by atoms with Crippen LogP contribution in [0.25, 0.3) is 11.3 Å². The molecule has 0 bridgehead atoms. The molecule has 3 rings (SSSR count). The highest BCUT2D eigenvalue weighted by molar-refractivity contribution is 6.30. The minimum absolute atomic E-state index is 0.0428. The van der Waals surface area contributed by atoms with E-state index in [0.29, 0.717) is 29.8 Å². The molecule has 0 aliphatic carbocycles. The lowest BCUT2D eigenvalue weighted by Gasteiger charge is -2.37. The van der Waals surface area contributed by atoms with Crippen LogP contribution in [0, 0.1) is 6.92 Å². The van der Waals surface area contributed by atoms with E-state index in [1.165, 1.54) is 0 Å². The normalized spacial score (nSPS) is 21.5. The van der Waals surface area contributed by atoms with Crippen LogP contribution >= 0.6 is 11.6 Å². The molecule has 1 fully saturated rings. The third kappa shape index (κ3) is 4.47. The SMILES string of the molecule is Cc1cc(N[C@@H]2C[C@@H](F)CN(C(C)C)C2)nnc1-c1ccc(Cl)cc1. The number of aromatic nitrogens is 2. The van der Waals surface area contributed by atoms with Crippen LogP contribution in [0.2, 0.25) is 5.02 Å². The summed E-state index contributed by atoms with van der Waals surface area (Å²) in [6.45, 7) is 7.52. The van der Waals surface area contributed by atoms with Gasteiger partial charge in [0.1, 0.15) is 12.0 Å². The van der Waals surface area contributed by atoms with Crippen LogP contribution in [0.15, 0.2) is 30.3 Å². The van der Waals surface area contributed by atoms with E-state index < -0.39 is 6.17 Å². The summed E-state index contributed by atoms with van der Waals surface area (Å²) in [5.74, 6) is 0.693. The minimum Gasteiger partial charge on any atom is -0.364 e. The van der Waals surface area contributed by atoms with E-state index in [0.717, 1.165) is 23.4 Å². The first kappa shape index (κ1) is 18.1. The molecule has 134 valence electrons. The molecule has 1 N–H and O–H groups in total. The Balaban J connectivity index is 1.73. The van der Waals surface area contributed by atoms with Gasteiger partial charge >= 0.3 is 0 Å². The maximum absolute atomic E-state index is 14.0. The van der Waals surface area contributed by atoms with Gasteiger partial charge in [-0.2, -0.15) is 0 Å². The fraction of sp³-hybridized carbons (Fsp3) is 0.474. The first-order chi connectivity index (χ1) is 11.9. The maximum atomic E-state index is 14.0. The van der Waals surface area contributed by atoms with Crippen LogP contribution in [0.3, 0.4) is 0 Å². The molecule has 1 aromatic carbocycles. The number of alkyl halides is 1. The van der Waals surface area contributed by atoms with Gasteiger partial charge in [0.15, 0.2) is 0 Å². The quantitative estimate of drug-likeness (QED) is 0.878. The standard InChI is InChI=1S/C19H24ClFN4/c1-12(2)25-10-16(21)9-17(11-25)22-18-8-13(3)19(24-23-18)14-4-6-15(20)7-5-14/h4-8,12,16-17H,9-11H2,1-3H3,(H,22,23)/t16-,17-/m1/s1. The highest BCUT2D eigenvalue weighted by atomic mass is 35.5. The van der Waals surface area contributed by atoms with Gasteiger partial charge in [-0.25, -0.2) is 4.39 Å². The zero-order valence-electron chi connectivity index (χ0n) is 14.8. The van der Waals surface area contributed by atoms with Crippen molar-refractivity contribution in [2.45, 2.75) is 45.4 Å². The first-order valence-electron chi connectivity index (χ1n) is 8.67. The van der Waals surface area contributed by atoms with Gasteiger partial charge in [0, 0.05) is 42.2 Å². The highest BCUT2D eigenvalue weighted by Crippen LogP contribution is 2.25. The van der Waals surface area contributed by atoms with Gasteiger partial charge < -0.3 is 5.32 Å². The van der Waals surface area contributed by atoms with E-state index >= 15 is 0 Å². The van der Waals surface area contributed by atoms with E-state index in [1.54, 1.807) is 0 Å². The average molecular weight is 363 g/mol. The van der Waals surface area contributed by atoms with Crippen LogP contribution in [-0.4, -0.2) is 46.4 Å². The molecule has 1 saturated heterocycles. The smallest absolute Gasteiger partial charge is 0.149 e. The number of nitrogens with zero attached hydrogens (tertiary/aromatic N) is 3. The zero-order valence-corrected chi connectivity index (χ0v) is 15.6. The van der Waals surface area contributed by atoms with Crippen LogP contribution in [-0.2, 0) is 0 Å². The number of rotatable bonds is 4. The summed E-state index contributed by atoms with van der Waals surface area (Å²) in [4.78, 5) is 2.16. The van der Waals surface area contributed by atoms with Crippen LogP contribution in [0.4, 0.5) is 10.2 Å². The molecule has 1 aliphatic rings. The first-order valence-corrected chi connectivity index (χ1v) is 9.05. The Hall–Kier alpha value is -1.72. The third-order valence-electron chi connectivity index (χ3n) is 4.61. The fourth-order valence-electron chi connectivity index (χ4n) is 3.25. The lowest BCUT2D eigenvalue weighted by molar-refractivity contribution is 0.104. The molecule has 0 unspecified atom stereocenters. The van der Waals surface area contributed by atoms with Crippen molar-refractivity contribution in [2.24, 2.45) is 0 Å². The number of nitrogens with one attached hydrogen (secondary N) is 1. The van der Waals surface area contributed by atoms with E-state index in [2.05, 4.69) is 34.3 Å². The van der Waals surface area contributed by atoms with Crippen molar-refractivity contribution in [1.82, 2.24) is 15.1 Å². The molecule has 0 amide bonds. The van der Waals surface area contributed by atoms with E-state index in [4.69, 9.17) is 11.6 Å². The molecule has 0 saturated carbocycles. The number of likely N-dealkylation sites (tertiary alicyclic amines) is 1. The van der Waals surface area contributed by atoms with Gasteiger partial charge in [-0.15, -0.1) is 10.2 Å². The van der Waals surface area contributed by atoms with Crippen molar-refractivity contribution in [1.29, 1.82) is 0 Å². The Bertz CT molecular complexity index is 720. The topological polar surface area (TPSA) is 41.0 Å². The fourth-order valence-corrected chi connectivity index (χ4v) is 3.38. The second kappa shape index (κ2) is 7.67. The molecular formula is C19H24ClFN4. The van der Waals surface area contributed by atoms with Crippen LogP contribution in [0.5, 0.6) is 0 Å². The molecule has 4 nitrogen and oxygen atoms in total. The number of hydrogen-bond donors (Lipinski definition) is 1. The molecule has 1 aromatic heterocycles. The zero-order chi connectivity index (χ0) is 18.0. The number of hydrogen-bond acceptors (Lipinski definition) is 4. The predicted molar refractivity (Wildman–Crippen MR) is 101 cm³/mol. The maximum Gasteiger partial charge on any atom is 0.149 e. The summed E-state index contributed by atoms with van der Waals surface area (Å²) in [5.41, 5.74) is 2.83. The summed E-state index contributed by atoms with van der Waals surface area (Å²) in [6, 6.07) is 9.90. The van der Waals surface area contributed by atoms with Gasteiger partial charge in [0.2, 0.25) is 0 Å². The van der Waals surface area contributed by atoms with Gasteiger partial charge in [-0.05, 0) is 44.5 Å². The van der Waals surface area contributed by atoms with Crippen molar-refractivity contribution < 1.29 is 4.39 Å².